The van der Waals surface area contributed by atoms with Crippen molar-refractivity contribution in [1.82, 2.24) is 44.4 Å². The molecule has 14 heteroatoms. The number of carbonyl (C=O) groups is 3. The molecule has 0 spiro atoms. The summed E-state index contributed by atoms with van der Waals surface area (Å²) >= 11 is 0. The summed E-state index contributed by atoms with van der Waals surface area (Å²) < 4.78 is 8.83. The molecule has 270 valence electrons. The zero-order chi connectivity index (χ0) is 37.1. The zero-order valence-corrected chi connectivity index (χ0v) is 30.3. The van der Waals surface area contributed by atoms with Crippen molar-refractivity contribution in [3.05, 3.63) is 94.8 Å². The predicted octanol–water partition coefficient (Wildman–Crippen LogP) is 4.48. The van der Waals surface area contributed by atoms with Crippen LogP contribution in [0.15, 0.2) is 72.5 Å². The molecule has 53 heavy (non-hydrogen) atoms. The van der Waals surface area contributed by atoms with Gasteiger partial charge in [-0.15, -0.1) is 0 Å². The van der Waals surface area contributed by atoms with E-state index in [0.29, 0.717) is 61.6 Å². The molecule has 2 aliphatic heterocycles. The predicted molar refractivity (Wildman–Crippen MR) is 200 cm³/mol. The number of rotatable bonds is 7. The summed E-state index contributed by atoms with van der Waals surface area (Å²) in [4.78, 5) is 46.7. The summed E-state index contributed by atoms with van der Waals surface area (Å²) in [6.45, 7) is 4.90. The van der Waals surface area contributed by atoms with Gasteiger partial charge < -0.3 is 24.8 Å². The Kier molecular flexibility index (Phi) is 8.24. The Labute approximate surface area is 305 Å². The van der Waals surface area contributed by atoms with Gasteiger partial charge in [0.15, 0.2) is 0 Å². The Morgan fingerprint density at radius 2 is 1.72 bits per heavy atom. The standard InChI is InChI=1S/C39H40N10O4/c1-22(50)46-12-9-33(41-3)31(19-46)37(40)30-21-48(35-7-6-24(14-28(30)35)26-17-43-45(4)18-26)49-36-10-13-47(23(2)51)20-32(36)38(44-49)29-15-25(39(52)53-5)16-34-27(29)8-11-42-34/h6-8,11,14-18,21,40-42H,9-10,12-13,19-20H2,1-5H3. The van der Waals surface area contributed by atoms with Crippen LogP contribution in [-0.2, 0) is 34.3 Å². The Bertz CT molecular complexity index is 2530. The number of nitrogens with zero attached hydrogens (tertiary/aromatic N) is 7. The van der Waals surface area contributed by atoms with Crippen LogP contribution in [0.25, 0.3) is 44.2 Å². The maximum Gasteiger partial charge on any atom is 0.337 e. The van der Waals surface area contributed by atoms with E-state index in [0.717, 1.165) is 61.0 Å². The second kappa shape index (κ2) is 13.0. The molecular formula is C39H40N10O4. The number of methoxy groups -OCH3 is 1. The number of carbonyl (C=O) groups excluding carboxylic acids is 3. The van der Waals surface area contributed by atoms with Gasteiger partial charge in [0.05, 0.1) is 35.8 Å². The highest BCUT2D eigenvalue weighted by atomic mass is 16.5. The molecule has 6 heterocycles. The van der Waals surface area contributed by atoms with Crippen molar-refractivity contribution in [2.45, 2.75) is 33.2 Å². The second-order valence-electron chi connectivity index (χ2n) is 13.6. The van der Waals surface area contributed by atoms with E-state index in [1.165, 1.54) is 7.11 Å². The van der Waals surface area contributed by atoms with E-state index in [1.807, 2.05) is 66.5 Å². The van der Waals surface area contributed by atoms with Crippen LogP contribution in [0.4, 0.5) is 0 Å². The minimum absolute atomic E-state index is 0.0322. The number of esters is 1. The van der Waals surface area contributed by atoms with Crippen LogP contribution < -0.4 is 5.32 Å². The lowest BCUT2D eigenvalue weighted by atomic mass is 9.95. The molecule has 2 amide bonds. The Morgan fingerprint density at radius 1 is 0.943 bits per heavy atom. The van der Waals surface area contributed by atoms with Crippen molar-refractivity contribution in [3.8, 4) is 22.4 Å². The van der Waals surface area contributed by atoms with Crippen LogP contribution in [0, 0.1) is 5.41 Å². The number of aryl methyl sites for hydroxylation is 1. The summed E-state index contributed by atoms with van der Waals surface area (Å²) in [5, 5.41) is 24.4. The first-order valence-electron chi connectivity index (χ1n) is 17.5. The van der Waals surface area contributed by atoms with Gasteiger partial charge in [-0.25, -0.2) is 9.47 Å². The fraction of sp³-hybridized carbons (Fsp3) is 0.282. The smallest absolute Gasteiger partial charge is 0.337 e. The quantitative estimate of drug-likeness (QED) is 0.163. The lowest BCUT2D eigenvalue weighted by Crippen LogP contribution is -2.39. The van der Waals surface area contributed by atoms with Gasteiger partial charge in [0.25, 0.3) is 0 Å². The van der Waals surface area contributed by atoms with Crippen molar-refractivity contribution >= 4 is 45.3 Å². The van der Waals surface area contributed by atoms with Gasteiger partial charge in [-0.05, 0) is 35.9 Å². The van der Waals surface area contributed by atoms with Gasteiger partial charge in [0.2, 0.25) is 11.8 Å². The molecule has 0 saturated carbocycles. The lowest BCUT2D eigenvalue weighted by molar-refractivity contribution is -0.130. The molecule has 2 aliphatic rings. The first-order chi connectivity index (χ1) is 25.6. The van der Waals surface area contributed by atoms with Gasteiger partial charge in [-0.1, -0.05) is 6.07 Å². The minimum atomic E-state index is -0.466. The molecule has 14 nitrogen and oxygen atoms in total. The molecule has 0 unspecified atom stereocenters. The third-order valence-electron chi connectivity index (χ3n) is 10.5. The number of fused-ring (bicyclic) bond motifs is 3. The van der Waals surface area contributed by atoms with E-state index >= 15 is 0 Å². The minimum Gasteiger partial charge on any atom is -0.465 e. The summed E-state index contributed by atoms with van der Waals surface area (Å²) in [5.74, 6) is -0.531. The number of aromatic nitrogens is 6. The van der Waals surface area contributed by atoms with E-state index in [9.17, 15) is 19.8 Å². The molecule has 3 N–H and O–H groups in total. The fourth-order valence-electron chi connectivity index (χ4n) is 7.68. The number of amides is 2. The van der Waals surface area contributed by atoms with Crippen molar-refractivity contribution in [2.24, 2.45) is 7.05 Å². The second-order valence-corrected chi connectivity index (χ2v) is 13.6. The topological polar surface area (TPSA) is 159 Å². The monoisotopic (exact) mass is 712 g/mol. The Balaban J connectivity index is 1.37. The third-order valence-corrected chi connectivity index (χ3v) is 10.5. The number of hydrogen-bond donors (Lipinski definition) is 3. The van der Waals surface area contributed by atoms with Gasteiger partial charge in [-0.2, -0.15) is 15.0 Å². The molecular weight excluding hydrogens is 672 g/mol. The van der Waals surface area contributed by atoms with Crippen molar-refractivity contribution in [3.63, 3.8) is 0 Å². The van der Waals surface area contributed by atoms with Gasteiger partial charge in [0, 0.05) is 135 Å². The van der Waals surface area contributed by atoms with E-state index in [1.54, 1.807) is 40.5 Å². The molecule has 0 bridgehead atoms. The average Bonchev–Trinajstić information content (AvgIpc) is 3.98. The van der Waals surface area contributed by atoms with Crippen LogP contribution in [0.3, 0.4) is 0 Å². The molecule has 0 saturated heterocycles. The molecule has 2 aromatic carbocycles. The molecule has 6 aromatic rings. The Morgan fingerprint density at radius 3 is 2.43 bits per heavy atom. The first-order valence-corrected chi connectivity index (χ1v) is 17.5. The number of aromatic amines is 1. The molecule has 0 aliphatic carbocycles. The van der Waals surface area contributed by atoms with Crippen LogP contribution in [0.1, 0.15) is 47.4 Å². The van der Waals surface area contributed by atoms with Crippen molar-refractivity contribution in [1.29, 1.82) is 5.41 Å². The van der Waals surface area contributed by atoms with Crippen LogP contribution in [-0.4, -0.2) is 96.4 Å². The highest BCUT2D eigenvalue weighted by Crippen LogP contribution is 2.37. The Hall–Kier alpha value is -6.44. The van der Waals surface area contributed by atoms with Crippen molar-refractivity contribution < 1.29 is 19.1 Å². The highest BCUT2D eigenvalue weighted by molar-refractivity contribution is 6.19. The average molecular weight is 713 g/mol. The number of H-pyrrole nitrogens is 1. The number of hydrogen-bond acceptors (Lipinski definition) is 8. The maximum atomic E-state index is 12.8. The van der Waals surface area contributed by atoms with Crippen LogP contribution in [0.2, 0.25) is 0 Å². The SMILES string of the molecule is CNC1=C(C(=N)c2cn(-n3nc(-c4cc(C(=O)OC)cc5[nH]ccc45)c4c3CCN(C(C)=O)C4)c3ccc(-c4cnn(C)c4)cc23)CN(C(C)=O)CC1. The first kappa shape index (κ1) is 33.7. The number of nitrogens with one attached hydrogen (secondary N) is 3. The number of benzene rings is 2. The molecule has 0 fully saturated rings. The molecule has 0 radical (unpaired) electrons. The normalized spacial score (nSPS) is 14.6. The lowest BCUT2D eigenvalue weighted by Gasteiger charge is -2.30. The summed E-state index contributed by atoms with van der Waals surface area (Å²) in [7, 11) is 5.09. The van der Waals surface area contributed by atoms with Crippen molar-refractivity contribution in [2.75, 3.05) is 33.8 Å². The molecule has 8 rings (SSSR count). The van der Waals surface area contributed by atoms with Crippen LogP contribution >= 0.6 is 0 Å². The van der Waals surface area contributed by atoms with E-state index in [2.05, 4.69) is 21.5 Å². The van der Waals surface area contributed by atoms with Crippen LogP contribution in [0.5, 0.6) is 0 Å². The zero-order valence-electron chi connectivity index (χ0n) is 30.3. The van der Waals surface area contributed by atoms with E-state index in [4.69, 9.17) is 9.84 Å². The van der Waals surface area contributed by atoms with E-state index < -0.39 is 5.97 Å². The fourth-order valence-corrected chi connectivity index (χ4v) is 7.68. The van der Waals surface area contributed by atoms with E-state index in [-0.39, 0.29) is 11.8 Å². The van der Waals surface area contributed by atoms with Gasteiger partial charge >= 0.3 is 5.97 Å². The largest absolute Gasteiger partial charge is 0.465 e. The number of ether oxygens (including phenoxy) is 1. The maximum absolute atomic E-state index is 12.8. The molecule has 0 atom stereocenters. The molecule has 4 aromatic heterocycles. The highest BCUT2D eigenvalue weighted by Gasteiger charge is 2.31. The summed E-state index contributed by atoms with van der Waals surface area (Å²) in [6.07, 6.45) is 8.70. The summed E-state index contributed by atoms with van der Waals surface area (Å²) in [5.41, 5.74) is 9.74. The van der Waals surface area contributed by atoms with Gasteiger partial charge in [0.1, 0.15) is 5.69 Å². The van der Waals surface area contributed by atoms with Gasteiger partial charge in [-0.3, -0.25) is 19.7 Å². The third kappa shape index (κ3) is 5.66. The summed E-state index contributed by atoms with van der Waals surface area (Å²) in [6, 6.07) is 11.7.